The molecule has 0 saturated carbocycles. The van der Waals surface area contributed by atoms with Crippen LogP contribution in [0.15, 0.2) is 97.1 Å². The molecular weight excluding hydrogens is 885 g/mol. The third-order valence-electron chi connectivity index (χ3n) is 9.03. The van der Waals surface area contributed by atoms with Crippen LogP contribution in [0.3, 0.4) is 0 Å². The van der Waals surface area contributed by atoms with Crippen LogP contribution in [0.1, 0.15) is 123 Å². The molecule has 5 aromatic carbocycles. The average Bonchev–Trinajstić information content (AvgIpc) is 3.70. The molecule has 0 aliphatic heterocycles. The summed E-state index contributed by atoms with van der Waals surface area (Å²) in [6.07, 6.45) is 10.0. The minimum atomic E-state index is 0. The van der Waals surface area contributed by atoms with E-state index >= 15 is 0 Å². The molecular formula is C47H54Cl4Hf-2. The Morgan fingerprint density at radius 2 is 0.942 bits per heavy atom. The van der Waals surface area contributed by atoms with Crippen molar-refractivity contribution >= 4 is 48.0 Å². The minimum Gasteiger partial charge on any atom is -1.00 e. The average molecular weight is 939 g/mol. The van der Waals surface area contributed by atoms with E-state index in [9.17, 15) is 0 Å². The number of halogens is 4. The van der Waals surface area contributed by atoms with Crippen LogP contribution in [0.4, 0.5) is 0 Å². The zero-order chi connectivity index (χ0) is 37.2. The van der Waals surface area contributed by atoms with Gasteiger partial charge in [-0.3, -0.25) is 6.08 Å². The molecule has 0 unspecified atom stereocenters. The maximum atomic E-state index is 5.98. The maximum absolute atomic E-state index is 5.98. The van der Waals surface area contributed by atoms with Crippen LogP contribution in [0, 0.1) is 6.08 Å². The van der Waals surface area contributed by atoms with Crippen LogP contribution in [0.25, 0.3) is 21.5 Å². The molecule has 0 N–H and O–H groups in total. The Labute approximate surface area is 351 Å². The van der Waals surface area contributed by atoms with Crippen molar-refractivity contribution in [1.29, 1.82) is 0 Å². The molecule has 1 aliphatic carbocycles. The van der Waals surface area contributed by atoms with Crippen molar-refractivity contribution in [1.82, 2.24) is 0 Å². The second-order valence-corrected chi connectivity index (χ2v) is 20.2. The molecule has 0 radical (unpaired) electrons. The Bertz CT molecular complexity index is 1900. The Morgan fingerprint density at radius 1 is 0.577 bits per heavy atom. The molecule has 0 amide bonds. The topological polar surface area (TPSA) is 0 Å². The van der Waals surface area contributed by atoms with Gasteiger partial charge in [0.15, 0.2) is 0 Å². The van der Waals surface area contributed by atoms with Gasteiger partial charge in [0.1, 0.15) is 0 Å². The van der Waals surface area contributed by atoms with E-state index in [1.807, 2.05) is 48.6 Å². The largest absolute Gasteiger partial charge is 1.00 e. The van der Waals surface area contributed by atoms with Gasteiger partial charge in [0.25, 0.3) is 0 Å². The Kier molecular flexibility index (Phi) is 16.2. The van der Waals surface area contributed by atoms with Crippen LogP contribution in [-0.4, -0.2) is 3.26 Å². The first-order valence-corrected chi connectivity index (χ1v) is 20.2. The van der Waals surface area contributed by atoms with Crippen molar-refractivity contribution in [2.45, 2.75) is 111 Å². The van der Waals surface area contributed by atoms with Gasteiger partial charge in [0.05, 0.1) is 0 Å². The molecule has 0 heterocycles. The molecule has 5 heteroatoms. The second kappa shape index (κ2) is 18.2. The zero-order valence-electron chi connectivity index (χ0n) is 33.0. The molecule has 1 aliphatic rings. The van der Waals surface area contributed by atoms with E-state index in [4.69, 9.17) is 23.2 Å². The van der Waals surface area contributed by atoms with E-state index in [2.05, 4.69) is 138 Å². The molecule has 276 valence electrons. The van der Waals surface area contributed by atoms with E-state index in [0.717, 1.165) is 40.4 Å². The predicted molar refractivity (Wildman–Crippen MR) is 220 cm³/mol. The minimum absolute atomic E-state index is 0. The summed E-state index contributed by atoms with van der Waals surface area (Å²) in [7, 11) is 0. The summed E-state index contributed by atoms with van der Waals surface area (Å²) in [4.78, 5) is 0. The quantitative estimate of drug-likeness (QED) is 0.124. The summed E-state index contributed by atoms with van der Waals surface area (Å²) in [5.41, 5.74) is 8.77. The van der Waals surface area contributed by atoms with Gasteiger partial charge in [-0.2, -0.15) is 6.08 Å². The summed E-state index contributed by atoms with van der Waals surface area (Å²) < 4.78 is 1.31. The Morgan fingerprint density at radius 3 is 1.21 bits per heavy atom. The fourth-order valence-corrected chi connectivity index (χ4v) is 7.88. The molecule has 5 aromatic rings. The van der Waals surface area contributed by atoms with Crippen molar-refractivity contribution in [2.24, 2.45) is 0 Å². The van der Waals surface area contributed by atoms with Gasteiger partial charge in [-0.15, -0.1) is 46.2 Å². The summed E-state index contributed by atoms with van der Waals surface area (Å²) in [5.74, 6) is 0. The van der Waals surface area contributed by atoms with E-state index < -0.39 is 0 Å². The smallest absolute Gasteiger partial charge is 0.109 e. The van der Waals surface area contributed by atoms with Crippen molar-refractivity contribution in [3.05, 3.63) is 147 Å². The van der Waals surface area contributed by atoms with Crippen molar-refractivity contribution in [3.63, 3.8) is 0 Å². The number of allylic oxidation sites excluding steroid dienone is 4. The fourth-order valence-electron chi connectivity index (χ4n) is 6.38. The van der Waals surface area contributed by atoms with Crippen LogP contribution in [-0.2, 0) is 45.6 Å². The van der Waals surface area contributed by atoms with Gasteiger partial charge in [0, 0.05) is 0 Å². The second-order valence-electron chi connectivity index (χ2n) is 17.5. The number of hydrogen-bond acceptors (Lipinski definition) is 0. The van der Waals surface area contributed by atoms with Gasteiger partial charge >= 0.3 is 120 Å². The van der Waals surface area contributed by atoms with Gasteiger partial charge < -0.3 is 24.8 Å². The monoisotopic (exact) mass is 938 g/mol. The predicted octanol–water partition coefficient (Wildman–Crippen LogP) is 8.32. The molecule has 0 atom stereocenters. The Balaban J connectivity index is 0.000000340. The van der Waals surface area contributed by atoms with E-state index in [1.54, 1.807) is 0 Å². The normalized spacial score (nSPS) is 12.8. The van der Waals surface area contributed by atoms with Crippen molar-refractivity contribution in [2.75, 3.05) is 0 Å². The number of rotatable bonds is 2. The number of fused-ring (bicyclic) bond motifs is 3. The van der Waals surface area contributed by atoms with Gasteiger partial charge in [-0.1, -0.05) is 117 Å². The summed E-state index contributed by atoms with van der Waals surface area (Å²) in [6, 6.07) is 28.2. The van der Waals surface area contributed by atoms with Crippen molar-refractivity contribution < 1.29 is 48.7 Å². The number of hydrogen-bond donors (Lipinski definition) is 0. The third-order valence-corrected chi connectivity index (χ3v) is 11.6. The summed E-state index contributed by atoms with van der Waals surface area (Å²) in [6.45, 7) is 28.0. The SMILES string of the molecule is CC(C)(C)c1cc2[cH-]c3cc(C(C)(C)C)c(C(C)(C)C)cc3c2cc1C(C)(C)C.Clc1cccc([C](=[Hf+2])c2cccc(Cl)c2)c1.[C-]1=CC=CC1.[Cl-].[Cl-]. The first-order valence-electron chi connectivity index (χ1n) is 17.6. The fraction of sp³-hybridized carbons (Fsp3) is 0.362. The molecule has 52 heavy (non-hydrogen) atoms. The molecule has 0 bridgehead atoms. The molecule has 0 spiro atoms. The molecule has 0 fully saturated rings. The molecule has 6 rings (SSSR count). The molecule has 0 nitrogen and oxygen atoms in total. The number of benzene rings is 4. The van der Waals surface area contributed by atoms with Gasteiger partial charge in [0.2, 0.25) is 0 Å². The maximum Gasteiger partial charge on any atom is -0.109 e. The first-order chi connectivity index (χ1) is 23.1. The molecule has 0 saturated heterocycles. The van der Waals surface area contributed by atoms with Gasteiger partial charge in [-0.25, -0.2) is 12.2 Å². The molecule has 0 aromatic heterocycles. The van der Waals surface area contributed by atoms with Crippen molar-refractivity contribution in [3.8, 4) is 0 Å². The van der Waals surface area contributed by atoms with Gasteiger partial charge in [-0.05, 0) is 21.7 Å². The first kappa shape index (κ1) is 46.3. The Hall–Kier alpha value is -1.87. The summed E-state index contributed by atoms with van der Waals surface area (Å²) >= 11 is 12.9. The van der Waals surface area contributed by atoms with Crippen LogP contribution in [0.5, 0.6) is 0 Å². The third kappa shape index (κ3) is 11.8. The summed E-state index contributed by atoms with van der Waals surface area (Å²) in [5, 5.41) is 7.11. The standard InChI is InChI=1S/C29H41.C13H8Cl2.C5H5.2ClH.Hf/c1-26(2,3)22-14-18-13-19-15-23(27(4,5)6)25(29(10,11)12)17-21(19)20(18)16-24(22)28(7,8)9;14-12-5-1-3-10(8-12)7-11-4-2-6-13(15)9-11;1-2-4-5-3-1;;;/h13-17H,1-12H3;1-6,8-9H;1-3H,4H2;2*1H;/q-1;;-1;;;+2/p-2. The van der Waals surface area contributed by atoms with E-state index in [1.165, 1.54) is 58.2 Å². The van der Waals surface area contributed by atoms with E-state index in [0.29, 0.717) is 0 Å². The van der Waals surface area contributed by atoms with Crippen LogP contribution >= 0.6 is 23.2 Å². The van der Waals surface area contributed by atoms with E-state index in [-0.39, 0.29) is 46.5 Å². The zero-order valence-corrected chi connectivity index (χ0v) is 39.6. The van der Waals surface area contributed by atoms with Crippen LogP contribution in [0.2, 0.25) is 10.0 Å². The van der Waals surface area contributed by atoms with Crippen LogP contribution < -0.4 is 24.8 Å².